The van der Waals surface area contributed by atoms with Gasteiger partial charge in [-0.25, -0.2) is 4.98 Å². The first-order valence-electron chi connectivity index (χ1n) is 9.77. The van der Waals surface area contributed by atoms with E-state index < -0.39 is 0 Å². The summed E-state index contributed by atoms with van der Waals surface area (Å²) < 4.78 is 0. The van der Waals surface area contributed by atoms with Gasteiger partial charge in [-0.1, -0.05) is 37.5 Å². The summed E-state index contributed by atoms with van der Waals surface area (Å²) in [4.78, 5) is 31.4. The van der Waals surface area contributed by atoms with Crippen LogP contribution >= 0.6 is 11.3 Å². The van der Waals surface area contributed by atoms with Crippen LogP contribution in [0.5, 0.6) is 0 Å². The number of benzene rings is 1. The second kappa shape index (κ2) is 8.21. The van der Waals surface area contributed by atoms with Crippen molar-refractivity contribution < 1.29 is 9.59 Å². The zero-order valence-electron chi connectivity index (χ0n) is 15.4. The van der Waals surface area contributed by atoms with Crippen LogP contribution in [0.25, 0.3) is 0 Å². The molecule has 0 spiro atoms. The molecule has 6 heteroatoms. The van der Waals surface area contributed by atoms with Crippen LogP contribution in [0.15, 0.2) is 35.7 Å². The average molecular weight is 384 g/mol. The lowest BCUT2D eigenvalue weighted by Crippen LogP contribution is -2.45. The molecule has 0 bridgehead atoms. The van der Waals surface area contributed by atoms with E-state index in [0.29, 0.717) is 23.0 Å². The lowest BCUT2D eigenvalue weighted by molar-refractivity contribution is -0.133. The van der Waals surface area contributed by atoms with Gasteiger partial charge in [-0.3, -0.25) is 14.9 Å². The van der Waals surface area contributed by atoms with Gasteiger partial charge in [-0.2, -0.15) is 0 Å². The molecule has 2 fully saturated rings. The summed E-state index contributed by atoms with van der Waals surface area (Å²) in [5.41, 5.74) is 1.33. The van der Waals surface area contributed by atoms with Crippen LogP contribution in [-0.2, 0) is 11.2 Å². The van der Waals surface area contributed by atoms with E-state index in [1.54, 1.807) is 12.1 Å². The normalized spacial score (nSPS) is 22.1. The van der Waals surface area contributed by atoms with Crippen LogP contribution in [0, 0.1) is 11.8 Å². The van der Waals surface area contributed by atoms with Gasteiger partial charge < -0.3 is 4.90 Å². The molecule has 2 heterocycles. The largest absolute Gasteiger partial charge is 0.342 e. The molecular weight excluding hydrogens is 358 g/mol. The van der Waals surface area contributed by atoms with E-state index in [2.05, 4.69) is 10.3 Å². The molecule has 2 amide bonds. The molecule has 0 unspecified atom stereocenters. The van der Waals surface area contributed by atoms with E-state index >= 15 is 0 Å². The monoisotopic (exact) mass is 383 g/mol. The molecule has 2 atom stereocenters. The number of amides is 2. The first-order valence-corrected chi connectivity index (χ1v) is 10.7. The van der Waals surface area contributed by atoms with E-state index in [0.717, 1.165) is 31.1 Å². The summed E-state index contributed by atoms with van der Waals surface area (Å²) in [6, 6.07) is 9.07. The minimum absolute atomic E-state index is 0.158. The molecule has 1 saturated carbocycles. The fourth-order valence-corrected chi connectivity index (χ4v) is 5.00. The molecule has 5 nitrogen and oxygen atoms in total. The van der Waals surface area contributed by atoms with Crippen LogP contribution in [-0.4, -0.2) is 34.8 Å². The summed E-state index contributed by atoms with van der Waals surface area (Å²) in [7, 11) is 0. The molecule has 2 aromatic rings. The number of hydrogen-bond donors (Lipinski definition) is 1. The Morgan fingerprint density at radius 1 is 1.11 bits per heavy atom. The predicted molar refractivity (Wildman–Crippen MR) is 107 cm³/mol. The molecule has 1 aliphatic carbocycles. The number of nitrogens with one attached hydrogen (secondary N) is 1. The Balaban J connectivity index is 1.32. The number of anilines is 1. The van der Waals surface area contributed by atoms with Crippen molar-refractivity contribution in [1.82, 2.24) is 9.88 Å². The average Bonchev–Trinajstić information content (AvgIpc) is 3.15. The quantitative estimate of drug-likeness (QED) is 0.869. The van der Waals surface area contributed by atoms with Crippen LogP contribution in [0.1, 0.15) is 48.2 Å². The van der Waals surface area contributed by atoms with Crippen LogP contribution < -0.4 is 5.32 Å². The minimum atomic E-state index is -0.179. The molecule has 4 rings (SSSR count). The number of piperidine rings is 1. The Bertz CT molecular complexity index is 805. The zero-order valence-corrected chi connectivity index (χ0v) is 16.2. The maximum atomic E-state index is 12.7. The Morgan fingerprint density at radius 2 is 1.89 bits per heavy atom. The van der Waals surface area contributed by atoms with Gasteiger partial charge in [0.1, 0.15) is 0 Å². The number of carbonyl (C=O) groups excluding carboxylic acids is 2. The number of likely N-dealkylation sites (tertiary alicyclic amines) is 1. The third-order valence-electron chi connectivity index (χ3n) is 5.78. The fraction of sp³-hybridized carbons (Fsp3) is 0.476. The summed E-state index contributed by atoms with van der Waals surface area (Å²) >= 11 is 1.37. The highest BCUT2D eigenvalue weighted by Gasteiger charge is 2.32. The van der Waals surface area contributed by atoms with E-state index in [1.807, 2.05) is 28.5 Å². The molecule has 1 N–H and O–H groups in total. The molecule has 2 aliphatic rings. The van der Waals surface area contributed by atoms with Gasteiger partial charge >= 0.3 is 0 Å². The Hall–Kier alpha value is -2.21. The Labute approximate surface area is 163 Å². The lowest BCUT2D eigenvalue weighted by atomic mass is 9.75. The maximum absolute atomic E-state index is 12.7. The predicted octanol–water partition coefficient (Wildman–Crippen LogP) is 3.98. The minimum Gasteiger partial charge on any atom is -0.342 e. The highest BCUT2D eigenvalue weighted by atomic mass is 32.1. The number of thiazole rings is 1. The van der Waals surface area contributed by atoms with Gasteiger partial charge in [0, 0.05) is 24.0 Å². The second-order valence-corrected chi connectivity index (χ2v) is 8.43. The SMILES string of the molecule is O=C(Nc1nc(CC(=O)N2CC[C@H]3CCCC[C@H]3C2)cs1)c1ccccc1. The van der Waals surface area contributed by atoms with Crippen LogP contribution in [0.4, 0.5) is 5.13 Å². The molecule has 1 saturated heterocycles. The van der Waals surface area contributed by atoms with Crippen molar-refractivity contribution >= 4 is 28.3 Å². The topological polar surface area (TPSA) is 62.3 Å². The van der Waals surface area contributed by atoms with Crippen molar-refractivity contribution in [2.24, 2.45) is 11.8 Å². The first kappa shape index (κ1) is 18.2. The van der Waals surface area contributed by atoms with Gasteiger partial charge in [0.25, 0.3) is 5.91 Å². The van der Waals surface area contributed by atoms with Crippen LogP contribution in [0.2, 0.25) is 0 Å². The highest BCUT2D eigenvalue weighted by Crippen LogP contribution is 2.36. The molecule has 1 aromatic heterocycles. The van der Waals surface area contributed by atoms with Gasteiger partial charge in [0.2, 0.25) is 5.91 Å². The molecular formula is C21H25N3O2S. The number of aromatic nitrogens is 1. The smallest absolute Gasteiger partial charge is 0.257 e. The molecule has 0 radical (unpaired) electrons. The molecule has 1 aromatic carbocycles. The Morgan fingerprint density at radius 3 is 2.70 bits per heavy atom. The summed E-state index contributed by atoms with van der Waals surface area (Å²) in [5.74, 6) is 1.49. The van der Waals surface area contributed by atoms with Crippen molar-refractivity contribution in [3.05, 3.63) is 47.0 Å². The van der Waals surface area contributed by atoms with E-state index in [-0.39, 0.29) is 11.8 Å². The Kier molecular flexibility index (Phi) is 5.53. The number of carbonyl (C=O) groups is 2. The van der Waals surface area contributed by atoms with Gasteiger partial charge in [-0.05, 0) is 36.8 Å². The number of fused-ring (bicyclic) bond motifs is 1. The summed E-state index contributed by atoms with van der Waals surface area (Å²) in [5, 5.41) is 5.22. The van der Waals surface area contributed by atoms with Crippen molar-refractivity contribution in [2.75, 3.05) is 18.4 Å². The van der Waals surface area contributed by atoms with Crippen molar-refractivity contribution in [3.8, 4) is 0 Å². The number of rotatable bonds is 4. The third-order valence-corrected chi connectivity index (χ3v) is 6.59. The van der Waals surface area contributed by atoms with E-state index in [9.17, 15) is 9.59 Å². The van der Waals surface area contributed by atoms with Gasteiger partial charge in [-0.15, -0.1) is 11.3 Å². The molecule has 1 aliphatic heterocycles. The summed E-state index contributed by atoms with van der Waals surface area (Å²) in [6.07, 6.45) is 6.72. The van der Waals surface area contributed by atoms with Crippen molar-refractivity contribution in [1.29, 1.82) is 0 Å². The maximum Gasteiger partial charge on any atom is 0.257 e. The molecule has 27 heavy (non-hydrogen) atoms. The van der Waals surface area contributed by atoms with Crippen LogP contribution in [0.3, 0.4) is 0 Å². The lowest BCUT2D eigenvalue weighted by Gasteiger charge is -2.41. The number of nitrogens with zero attached hydrogens (tertiary/aromatic N) is 2. The van der Waals surface area contributed by atoms with Crippen molar-refractivity contribution in [3.63, 3.8) is 0 Å². The first-order chi connectivity index (χ1) is 13.2. The van der Waals surface area contributed by atoms with Crippen molar-refractivity contribution in [2.45, 2.75) is 38.5 Å². The van der Waals surface area contributed by atoms with E-state index in [4.69, 9.17) is 0 Å². The van der Waals surface area contributed by atoms with E-state index in [1.165, 1.54) is 37.0 Å². The van der Waals surface area contributed by atoms with Gasteiger partial charge in [0.15, 0.2) is 5.13 Å². The zero-order chi connectivity index (χ0) is 18.6. The number of hydrogen-bond acceptors (Lipinski definition) is 4. The third kappa shape index (κ3) is 4.38. The standard InChI is InChI=1S/C21H25N3O2S/c25-19(24-11-10-15-6-4-5-9-17(15)13-24)12-18-14-27-21(22-18)23-20(26)16-7-2-1-3-8-16/h1-3,7-8,14-15,17H,4-6,9-13H2,(H,22,23,26)/t15-,17+/m1/s1. The van der Waals surface area contributed by atoms with Gasteiger partial charge in [0.05, 0.1) is 12.1 Å². The fourth-order valence-electron chi connectivity index (χ4n) is 4.30. The summed E-state index contributed by atoms with van der Waals surface area (Å²) in [6.45, 7) is 1.78. The molecule has 142 valence electrons. The highest BCUT2D eigenvalue weighted by molar-refractivity contribution is 7.14. The second-order valence-electron chi connectivity index (χ2n) is 7.57.